The molecule has 4 saturated carbocycles. The Kier molecular flexibility index (Phi) is 4.68. The number of carbonyl (C=O) groups is 2. The van der Waals surface area contributed by atoms with E-state index in [4.69, 9.17) is 14.2 Å². The summed E-state index contributed by atoms with van der Waals surface area (Å²) >= 11 is 0. The SMILES string of the molecule is CCOC(=O)C(C(=O)OCC)=C1C2CC3C(=C4c5ccccc5Oc5ccccc54)C2CC13. The molecule has 5 nitrogen and oxygen atoms in total. The fourth-order valence-electron chi connectivity index (χ4n) is 6.70. The summed E-state index contributed by atoms with van der Waals surface area (Å²) in [6.45, 7) is 3.99. The largest absolute Gasteiger partial charge is 0.462 e. The monoisotopic (exact) mass is 442 g/mol. The standard InChI is InChI=1S/C28H26O5/c1-3-31-27(29)26(28(30)32-4-2)25-19-13-17-20(25)14-18(19)24(17)23-15-9-5-7-11-21(15)33-22-12-8-6-10-16(22)23/h5-12,17-20H,3-4,13-14H2,1-2H3. The predicted molar refractivity (Wildman–Crippen MR) is 122 cm³/mol. The maximum Gasteiger partial charge on any atom is 0.345 e. The van der Waals surface area contributed by atoms with Gasteiger partial charge < -0.3 is 14.2 Å². The molecule has 0 amide bonds. The second kappa shape index (κ2) is 7.62. The summed E-state index contributed by atoms with van der Waals surface area (Å²) in [5, 5.41) is 0. The maximum absolute atomic E-state index is 12.8. The minimum Gasteiger partial charge on any atom is -0.462 e. The molecule has 168 valence electrons. The highest BCUT2D eigenvalue weighted by atomic mass is 16.6. The Labute approximate surface area is 193 Å². The molecule has 4 aliphatic carbocycles. The van der Waals surface area contributed by atoms with Gasteiger partial charge in [-0.25, -0.2) is 9.59 Å². The van der Waals surface area contributed by atoms with Gasteiger partial charge in [0.2, 0.25) is 0 Å². The lowest BCUT2D eigenvalue weighted by atomic mass is 9.80. The Morgan fingerprint density at radius 2 is 1.27 bits per heavy atom. The highest BCUT2D eigenvalue weighted by Crippen LogP contribution is 2.71. The van der Waals surface area contributed by atoms with Gasteiger partial charge in [-0.3, -0.25) is 0 Å². The van der Waals surface area contributed by atoms with Gasteiger partial charge in [0.25, 0.3) is 0 Å². The third-order valence-electron chi connectivity index (χ3n) is 7.65. The summed E-state index contributed by atoms with van der Waals surface area (Å²) in [6.07, 6.45) is 1.94. The predicted octanol–water partition coefficient (Wildman–Crippen LogP) is 5.30. The van der Waals surface area contributed by atoms with Crippen LogP contribution in [0.3, 0.4) is 0 Å². The van der Waals surface area contributed by atoms with Crippen LogP contribution in [0.15, 0.2) is 65.3 Å². The zero-order valence-electron chi connectivity index (χ0n) is 18.8. The van der Waals surface area contributed by atoms with Crippen molar-refractivity contribution in [2.45, 2.75) is 26.7 Å². The van der Waals surface area contributed by atoms with Crippen LogP contribution in [0.25, 0.3) is 5.57 Å². The van der Waals surface area contributed by atoms with Gasteiger partial charge in [0.05, 0.1) is 13.2 Å². The molecule has 33 heavy (non-hydrogen) atoms. The number of esters is 2. The summed E-state index contributed by atoms with van der Waals surface area (Å²) in [5.74, 6) is 1.70. The number of para-hydroxylation sites is 2. The van der Waals surface area contributed by atoms with Gasteiger partial charge in [-0.2, -0.15) is 0 Å². The Balaban J connectivity index is 1.49. The summed E-state index contributed by atoms with van der Waals surface area (Å²) in [6, 6.07) is 16.4. The summed E-state index contributed by atoms with van der Waals surface area (Å²) in [4.78, 5) is 25.6. The van der Waals surface area contributed by atoms with Gasteiger partial charge in [-0.05, 0) is 73.6 Å². The summed E-state index contributed by atoms with van der Waals surface area (Å²) in [5.41, 5.74) is 6.12. The second-order valence-electron chi connectivity index (χ2n) is 9.09. The third-order valence-corrected chi connectivity index (χ3v) is 7.65. The molecule has 4 fully saturated rings. The number of fused-ring (bicyclic) bond motifs is 2. The molecular formula is C28H26O5. The number of hydrogen-bond acceptors (Lipinski definition) is 5. The third kappa shape index (κ3) is 2.84. The zero-order chi connectivity index (χ0) is 22.7. The summed E-state index contributed by atoms with van der Waals surface area (Å²) < 4.78 is 16.7. The zero-order valence-corrected chi connectivity index (χ0v) is 18.8. The topological polar surface area (TPSA) is 61.8 Å². The molecular weight excluding hydrogens is 416 g/mol. The Hall–Kier alpha value is -3.34. The molecule has 7 rings (SSSR count). The van der Waals surface area contributed by atoms with Crippen molar-refractivity contribution in [3.8, 4) is 11.5 Å². The minimum atomic E-state index is -0.542. The normalized spacial score (nSPS) is 25.6. The van der Waals surface area contributed by atoms with Crippen LogP contribution in [-0.4, -0.2) is 25.2 Å². The molecule has 4 bridgehead atoms. The second-order valence-corrected chi connectivity index (χ2v) is 9.09. The number of carbonyl (C=O) groups excluding carboxylic acids is 2. The first kappa shape index (κ1) is 20.3. The highest BCUT2D eigenvalue weighted by molar-refractivity contribution is 6.15. The van der Waals surface area contributed by atoms with Crippen LogP contribution in [0.4, 0.5) is 0 Å². The van der Waals surface area contributed by atoms with Crippen molar-refractivity contribution in [3.63, 3.8) is 0 Å². The van der Waals surface area contributed by atoms with Crippen molar-refractivity contribution >= 4 is 17.5 Å². The van der Waals surface area contributed by atoms with Crippen molar-refractivity contribution in [2.24, 2.45) is 23.7 Å². The number of hydrogen-bond donors (Lipinski definition) is 0. The average molecular weight is 443 g/mol. The van der Waals surface area contributed by atoms with Crippen LogP contribution >= 0.6 is 0 Å². The molecule has 2 aromatic carbocycles. The minimum absolute atomic E-state index is 0.149. The molecule has 1 aliphatic heterocycles. The molecule has 0 spiro atoms. The Morgan fingerprint density at radius 3 is 1.76 bits per heavy atom. The molecule has 1 heterocycles. The van der Waals surface area contributed by atoms with E-state index < -0.39 is 11.9 Å². The first-order valence-electron chi connectivity index (χ1n) is 11.8. The molecule has 0 aromatic heterocycles. The van der Waals surface area contributed by atoms with E-state index in [1.807, 2.05) is 24.3 Å². The lowest BCUT2D eigenvalue weighted by Crippen LogP contribution is -2.23. The highest BCUT2D eigenvalue weighted by Gasteiger charge is 2.62. The van der Waals surface area contributed by atoms with Crippen LogP contribution in [0.2, 0.25) is 0 Å². The van der Waals surface area contributed by atoms with Gasteiger partial charge in [0.15, 0.2) is 0 Å². The molecule has 5 aliphatic rings. The van der Waals surface area contributed by atoms with E-state index in [0.717, 1.165) is 41.0 Å². The molecule has 0 N–H and O–H groups in total. The van der Waals surface area contributed by atoms with Gasteiger partial charge >= 0.3 is 11.9 Å². The van der Waals surface area contributed by atoms with Gasteiger partial charge in [-0.15, -0.1) is 0 Å². The van der Waals surface area contributed by atoms with Crippen LogP contribution in [-0.2, 0) is 19.1 Å². The fourth-order valence-corrected chi connectivity index (χ4v) is 6.70. The first-order valence-corrected chi connectivity index (χ1v) is 11.8. The number of rotatable bonds is 4. The fraction of sp³-hybridized carbons (Fsp3) is 0.357. The molecule has 0 saturated heterocycles. The Morgan fingerprint density at radius 1 is 0.788 bits per heavy atom. The average Bonchev–Trinajstić information content (AvgIpc) is 3.55. The van der Waals surface area contributed by atoms with E-state index in [2.05, 4.69) is 24.3 Å². The summed E-state index contributed by atoms with van der Waals surface area (Å²) in [7, 11) is 0. The molecule has 5 heteroatoms. The Bertz CT molecular complexity index is 1150. The molecule has 0 radical (unpaired) electrons. The van der Waals surface area contributed by atoms with Crippen molar-refractivity contribution in [1.29, 1.82) is 0 Å². The van der Waals surface area contributed by atoms with E-state index in [1.165, 1.54) is 11.1 Å². The van der Waals surface area contributed by atoms with Crippen molar-refractivity contribution in [2.75, 3.05) is 13.2 Å². The number of ether oxygens (including phenoxy) is 3. The lowest BCUT2D eigenvalue weighted by Gasteiger charge is -2.28. The van der Waals surface area contributed by atoms with Gasteiger partial charge in [0.1, 0.15) is 17.1 Å². The quantitative estimate of drug-likeness (QED) is 0.237. The van der Waals surface area contributed by atoms with Crippen molar-refractivity contribution in [3.05, 3.63) is 76.4 Å². The van der Waals surface area contributed by atoms with E-state index in [1.54, 1.807) is 13.8 Å². The first-order chi connectivity index (χ1) is 16.1. The van der Waals surface area contributed by atoms with Gasteiger partial charge in [0, 0.05) is 11.1 Å². The van der Waals surface area contributed by atoms with E-state index >= 15 is 0 Å². The maximum atomic E-state index is 12.8. The van der Waals surface area contributed by atoms with Crippen LogP contribution in [0.1, 0.15) is 37.8 Å². The van der Waals surface area contributed by atoms with E-state index in [-0.39, 0.29) is 30.6 Å². The van der Waals surface area contributed by atoms with Crippen LogP contribution in [0, 0.1) is 23.7 Å². The van der Waals surface area contributed by atoms with Crippen LogP contribution in [0.5, 0.6) is 11.5 Å². The molecule has 4 atom stereocenters. The van der Waals surface area contributed by atoms with Crippen LogP contribution < -0.4 is 4.74 Å². The van der Waals surface area contributed by atoms with E-state index in [0.29, 0.717) is 11.8 Å². The smallest absolute Gasteiger partial charge is 0.345 e. The van der Waals surface area contributed by atoms with Crippen molar-refractivity contribution < 1.29 is 23.8 Å². The number of benzene rings is 2. The lowest BCUT2D eigenvalue weighted by molar-refractivity contribution is -0.146. The van der Waals surface area contributed by atoms with E-state index in [9.17, 15) is 9.59 Å². The molecule has 2 aromatic rings. The van der Waals surface area contributed by atoms with Gasteiger partial charge in [-0.1, -0.05) is 42.0 Å². The number of allylic oxidation sites excluding steroid dienone is 2. The van der Waals surface area contributed by atoms with Crippen molar-refractivity contribution in [1.82, 2.24) is 0 Å². The molecule has 4 unspecified atom stereocenters.